The van der Waals surface area contributed by atoms with Crippen LogP contribution in [0.2, 0.25) is 0 Å². The molecule has 7 nitrogen and oxygen atoms in total. The van der Waals surface area contributed by atoms with Crippen LogP contribution in [-0.2, 0) is 29.8 Å². The Hall–Kier alpha value is -3.06. The molecule has 30 heavy (non-hydrogen) atoms. The summed E-state index contributed by atoms with van der Waals surface area (Å²) in [5, 5.41) is 7.21. The van der Waals surface area contributed by atoms with Gasteiger partial charge in [0.25, 0.3) is 5.91 Å². The molecule has 0 unspecified atom stereocenters. The molecule has 0 bridgehead atoms. The molecule has 0 radical (unpaired) electrons. The summed E-state index contributed by atoms with van der Waals surface area (Å²) in [6.45, 7) is 6.55. The minimum atomic E-state index is -0.392. The highest BCUT2D eigenvalue weighted by Crippen LogP contribution is 2.36. The normalized spacial score (nSPS) is 18.8. The molecule has 7 heteroatoms. The number of rotatable bonds is 4. The molecule has 0 saturated carbocycles. The van der Waals surface area contributed by atoms with E-state index >= 15 is 0 Å². The lowest BCUT2D eigenvalue weighted by atomic mass is 9.97. The minimum Gasteiger partial charge on any atom is -0.366 e. The number of nitrogens with one attached hydrogen (secondary N) is 1. The van der Waals surface area contributed by atoms with Crippen LogP contribution in [-0.4, -0.2) is 21.0 Å². The van der Waals surface area contributed by atoms with Crippen LogP contribution in [0.5, 0.6) is 0 Å². The fourth-order valence-electron chi connectivity index (χ4n) is 4.27. The van der Waals surface area contributed by atoms with E-state index in [9.17, 15) is 4.79 Å². The summed E-state index contributed by atoms with van der Waals surface area (Å²) in [5.74, 6) is 1.08. The first-order valence-electron chi connectivity index (χ1n) is 10.3. The number of ether oxygens (including phenoxy) is 1. The molecule has 1 aliphatic carbocycles. The Balaban J connectivity index is 1.35. The van der Waals surface area contributed by atoms with Gasteiger partial charge >= 0.3 is 0 Å². The number of hydrogen-bond donors (Lipinski definition) is 1. The number of benzene rings is 1. The summed E-state index contributed by atoms with van der Waals surface area (Å²) in [5.41, 5.74) is 5.39. The van der Waals surface area contributed by atoms with Crippen LogP contribution < -0.4 is 5.32 Å². The number of aryl methyl sites for hydroxylation is 2. The molecule has 0 saturated heterocycles. The maximum atomic E-state index is 12.9. The van der Waals surface area contributed by atoms with Crippen LogP contribution in [0.4, 0.5) is 0 Å². The average Bonchev–Trinajstić information content (AvgIpc) is 3.45. The van der Waals surface area contributed by atoms with E-state index in [1.165, 1.54) is 5.56 Å². The quantitative estimate of drug-likeness (QED) is 0.710. The van der Waals surface area contributed by atoms with Crippen LogP contribution in [0.25, 0.3) is 11.4 Å². The van der Waals surface area contributed by atoms with E-state index < -0.39 is 5.60 Å². The predicted molar refractivity (Wildman–Crippen MR) is 110 cm³/mol. The Bertz CT molecular complexity index is 1140. The highest BCUT2D eigenvalue weighted by atomic mass is 16.5. The average molecular weight is 404 g/mol. The lowest BCUT2D eigenvalue weighted by Gasteiger charge is -2.19. The Morgan fingerprint density at radius 2 is 2.13 bits per heavy atom. The van der Waals surface area contributed by atoms with E-state index in [0.29, 0.717) is 30.4 Å². The Morgan fingerprint density at radius 1 is 1.27 bits per heavy atom. The van der Waals surface area contributed by atoms with Gasteiger partial charge in [0, 0.05) is 23.7 Å². The molecule has 1 atom stereocenters. The molecule has 154 valence electrons. The highest BCUT2D eigenvalue weighted by molar-refractivity contribution is 5.93. The zero-order chi connectivity index (χ0) is 20.9. The summed E-state index contributed by atoms with van der Waals surface area (Å²) in [6, 6.07) is 7.97. The van der Waals surface area contributed by atoms with Crippen molar-refractivity contribution in [3.63, 3.8) is 0 Å². The van der Waals surface area contributed by atoms with Gasteiger partial charge in [-0.2, -0.15) is 4.98 Å². The van der Waals surface area contributed by atoms with Gasteiger partial charge in [0.1, 0.15) is 5.69 Å². The van der Waals surface area contributed by atoms with Crippen molar-refractivity contribution >= 4 is 5.91 Å². The molecule has 2 aromatic heterocycles. The molecule has 1 N–H and O–H groups in total. The van der Waals surface area contributed by atoms with Crippen molar-refractivity contribution in [3.05, 3.63) is 64.3 Å². The minimum absolute atomic E-state index is 0.0302. The number of amides is 1. The maximum absolute atomic E-state index is 12.9. The largest absolute Gasteiger partial charge is 0.366 e. The Labute approximate surface area is 174 Å². The van der Waals surface area contributed by atoms with Gasteiger partial charge in [-0.15, -0.1) is 0 Å². The van der Waals surface area contributed by atoms with Crippen molar-refractivity contribution in [1.82, 2.24) is 20.4 Å². The number of aromatic nitrogens is 3. The zero-order valence-corrected chi connectivity index (χ0v) is 17.4. The number of hydrogen-bond acceptors (Lipinski definition) is 6. The maximum Gasteiger partial charge on any atom is 0.270 e. The molecular formula is C23H24N4O3. The third kappa shape index (κ3) is 3.19. The molecule has 2 aliphatic rings. The zero-order valence-electron chi connectivity index (χ0n) is 17.4. The van der Waals surface area contributed by atoms with Crippen LogP contribution in [0.3, 0.4) is 0 Å². The second-order valence-electron chi connectivity index (χ2n) is 8.37. The molecule has 1 aromatic carbocycles. The van der Waals surface area contributed by atoms with Crippen molar-refractivity contribution in [3.8, 4) is 11.4 Å². The van der Waals surface area contributed by atoms with E-state index in [0.717, 1.165) is 35.1 Å². The number of nitrogens with zero attached hydrogens (tertiary/aromatic N) is 3. The van der Waals surface area contributed by atoms with E-state index in [4.69, 9.17) is 9.26 Å². The van der Waals surface area contributed by atoms with E-state index in [1.807, 2.05) is 32.9 Å². The second kappa shape index (κ2) is 7.02. The van der Waals surface area contributed by atoms with Crippen LogP contribution in [0.15, 0.2) is 35.0 Å². The SMILES string of the molecule is CCc1nc(-c2ccc3c(c2)CC[C@H]3NC(=O)c2cc3c(cn2)COC3(C)C)no1. The van der Waals surface area contributed by atoms with Crippen molar-refractivity contribution in [2.45, 2.75) is 58.3 Å². The van der Waals surface area contributed by atoms with Crippen molar-refractivity contribution in [2.24, 2.45) is 0 Å². The summed E-state index contributed by atoms with van der Waals surface area (Å²) in [6.07, 6.45) is 4.22. The van der Waals surface area contributed by atoms with E-state index in [-0.39, 0.29) is 11.9 Å². The molecule has 3 heterocycles. The van der Waals surface area contributed by atoms with Crippen LogP contribution in [0.1, 0.15) is 71.9 Å². The molecular weight excluding hydrogens is 380 g/mol. The first-order valence-corrected chi connectivity index (χ1v) is 10.3. The summed E-state index contributed by atoms with van der Waals surface area (Å²) < 4.78 is 11.0. The van der Waals surface area contributed by atoms with Gasteiger partial charge in [-0.05, 0) is 55.5 Å². The number of carbonyl (C=O) groups excluding carboxylic acids is 1. The standard InChI is InChI=1S/C23H24N4O3/c1-4-20-26-21(27-30-20)14-5-7-16-13(9-14)6-8-18(16)25-22(28)19-10-17-15(11-24-19)12-29-23(17,2)3/h5,7,9-11,18H,4,6,8,12H2,1-3H3,(H,25,28)/t18-/m1/s1. The Kier molecular flexibility index (Phi) is 4.43. The number of fused-ring (bicyclic) bond motifs is 2. The third-order valence-corrected chi connectivity index (χ3v) is 6.01. The van der Waals surface area contributed by atoms with Crippen molar-refractivity contribution < 1.29 is 14.1 Å². The molecule has 1 amide bonds. The molecule has 0 spiro atoms. The first kappa shape index (κ1) is 18.9. The Morgan fingerprint density at radius 3 is 2.93 bits per heavy atom. The highest BCUT2D eigenvalue weighted by Gasteiger charge is 2.32. The molecule has 1 aliphatic heterocycles. The van der Waals surface area contributed by atoms with Gasteiger partial charge in [0.2, 0.25) is 11.7 Å². The van der Waals surface area contributed by atoms with Crippen molar-refractivity contribution in [2.75, 3.05) is 0 Å². The topological polar surface area (TPSA) is 90.1 Å². The lowest BCUT2D eigenvalue weighted by Crippen LogP contribution is -2.28. The molecule has 0 fully saturated rings. The predicted octanol–water partition coefficient (Wildman–Crippen LogP) is 3.88. The fourth-order valence-corrected chi connectivity index (χ4v) is 4.27. The lowest BCUT2D eigenvalue weighted by molar-refractivity contribution is -0.00791. The smallest absolute Gasteiger partial charge is 0.270 e. The second-order valence-corrected chi connectivity index (χ2v) is 8.37. The summed E-state index contributed by atoms with van der Waals surface area (Å²) in [7, 11) is 0. The van der Waals surface area contributed by atoms with Gasteiger partial charge in [-0.1, -0.05) is 24.2 Å². The van der Waals surface area contributed by atoms with Crippen LogP contribution in [0, 0.1) is 0 Å². The monoisotopic (exact) mass is 404 g/mol. The van der Waals surface area contributed by atoms with Gasteiger partial charge in [-0.25, -0.2) is 0 Å². The van der Waals surface area contributed by atoms with Gasteiger partial charge in [0.05, 0.1) is 18.2 Å². The van der Waals surface area contributed by atoms with E-state index in [1.54, 1.807) is 6.20 Å². The molecule has 3 aromatic rings. The summed E-state index contributed by atoms with van der Waals surface area (Å²) in [4.78, 5) is 21.7. The van der Waals surface area contributed by atoms with Gasteiger partial charge in [0.15, 0.2) is 0 Å². The van der Waals surface area contributed by atoms with E-state index in [2.05, 4.69) is 32.6 Å². The third-order valence-electron chi connectivity index (χ3n) is 6.01. The van der Waals surface area contributed by atoms with Gasteiger partial charge in [-0.3, -0.25) is 9.78 Å². The molecule has 5 rings (SSSR count). The van der Waals surface area contributed by atoms with Crippen LogP contribution >= 0.6 is 0 Å². The number of pyridine rings is 1. The summed E-state index contributed by atoms with van der Waals surface area (Å²) >= 11 is 0. The fraction of sp³-hybridized carbons (Fsp3) is 0.391. The number of carbonyl (C=O) groups is 1. The van der Waals surface area contributed by atoms with Gasteiger partial charge < -0.3 is 14.6 Å². The van der Waals surface area contributed by atoms with Crippen molar-refractivity contribution in [1.29, 1.82) is 0 Å². The first-order chi connectivity index (χ1) is 14.4.